The van der Waals surface area contributed by atoms with Crippen molar-refractivity contribution in [2.45, 2.75) is 32.7 Å². The minimum Gasteiger partial charge on any atom is -0.453 e. The van der Waals surface area contributed by atoms with E-state index in [4.69, 9.17) is 4.42 Å². The molecule has 1 rings (SSSR count). The molecule has 1 unspecified atom stereocenters. The molecule has 1 heterocycles. The third kappa shape index (κ3) is 3.53. The van der Waals surface area contributed by atoms with Gasteiger partial charge in [0.05, 0.1) is 6.04 Å². The molecule has 0 aliphatic carbocycles. The minimum atomic E-state index is 0.304. The molecular formula is C10H16BrNO. The lowest BCUT2D eigenvalue weighted by molar-refractivity contribution is 0.416. The van der Waals surface area contributed by atoms with Crippen molar-refractivity contribution in [3.63, 3.8) is 0 Å². The predicted molar refractivity (Wildman–Crippen MR) is 57.7 cm³/mol. The van der Waals surface area contributed by atoms with Crippen LogP contribution in [0.15, 0.2) is 21.2 Å². The van der Waals surface area contributed by atoms with Crippen LogP contribution in [0.25, 0.3) is 0 Å². The Morgan fingerprint density at radius 3 is 2.85 bits per heavy atom. The first-order valence-corrected chi connectivity index (χ1v) is 5.52. The fraction of sp³-hybridized carbons (Fsp3) is 0.600. The molecule has 1 N–H and O–H groups in total. The van der Waals surface area contributed by atoms with Gasteiger partial charge in [-0.25, -0.2) is 0 Å². The second kappa shape index (κ2) is 5.45. The Bertz CT molecular complexity index is 247. The van der Waals surface area contributed by atoms with Crippen molar-refractivity contribution in [3.8, 4) is 0 Å². The first-order valence-electron chi connectivity index (χ1n) is 4.72. The molecule has 0 fully saturated rings. The van der Waals surface area contributed by atoms with E-state index >= 15 is 0 Å². The molecule has 74 valence electrons. The fourth-order valence-corrected chi connectivity index (χ4v) is 1.48. The van der Waals surface area contributed by atoms with Crippen molar-refractivity contribution < 1.29 is 4.42 Å². The lowest BCUT2D eigenvalue weighted by Crippen LogP contribution is -2.19. The third-order valence-corrected chi connectivity index (χ3v) is 2.43. The Labute approximate surface area is 87.8 Å². The number of nitrogens with one attached hydrogen (secondary N) is 1. The van der Waals surface area contributed by atoms with Crippen LogP contribution in [0.3, 0.4) is 0 Å². The van der Waals surface area contributed by atoms with Crippen molar-refractivity contribution in [2.24, 2.45) is 0 Å². The van der Waals surface area contributed by atoms with Gasteiger partial charge in [0.2, 0.25) is 0 Å². The van der Waals surface area contributed by atoms with Crippen LogP contribution >= 0.6 is 15.9 Å². The van der Waals surface area contributed by atoms with Gasteiger partial charge in [-0.2, -0.15) is 0 Å². The van der Waals surface area contributed by atoms with Crippen LogP contribution in [0, 0.1) is 0 Å². The molecule has 0 radical (unpaired) electrons. The second-order valence-electron chi connectivity index (χ2n) is 3.17. The molecule has 0 aromatic carbocycles. The average molecular weight is 246 g/mol. The fourth-order valence-electron chi connectivity index (χ4n) is 1.16. The van der Waals surface area contributed by atoms with Gasteiger partial charge >= 0.3 is 0 Å². The molecule has 13 heavy (non-hydrogen) atoms. The molecule has 0 aliphatic heterocycles. The number of hydrogen-bond donors (Lipinski definition) is 1. The molecule has 3 heteroatoms. The van der Waals surface area contributed by atoms with E-state index in [1.807, 2.05) is 12.1 Å². The maximum Gasteiger partial charge on any atom is 0.169 e. The number of unbranched alkanes of at least 4 members (excludes halogenated alkanes) is 1. The molecule has 1 atom stereocenters. The smallest absolute Gasteiger partial charge is 0.169 e. The predicted octanol–water partition coefficient (Wildman–Crippen LogP) is 3.49. The quantitative estimate of drug-likeness (QED) is 0.804. The highest BCUT2D eigenvalue weighted by molar-refractivity contribution is 9.10. The average Bonchev–Trinajstić information content (AvgIpc) is 2.52. The molecule has 1 aromatic rings. The SMILES string of the molecule is CCCCNC(C)c1ccc(Br)o1. The van der Waals surface area contributed by atoms with Crippen molar-refractivity contribution in [3.05, 3.63) is 22.6 Å². The maximum atomic E-state index is 5.43. The Kier molecular flexibility index (Phi) is 4.53. The summed E-state index contributed by atoms with van der Waals surface area (Å²) in [7, 11) is 0. The standard InChI is InChI=1S/C10H16BrNO/c1-3-4-7-12-8(2)9-5-6-10(11)13-9/h5-6,8,12H,3-4,7H2,1-2H3. The Balaban J connectivity index is 2.35. The summed E-state index contributed by atoms with van der Waals surface area (Å²) < 4.78 is 6.23. The van der Waals surface area contributed by atoms with Crippen LogP contribution in [0.2, 0.25) is 0 Å². The lowest BCUT2D eigenvalue weighted by atomic mass is 10.2. The zero-order chi connectivity index (χ0) is 9.68. The largest absolute Gasteiger partial charge is 0.453 e. The highest BCUT2D eigenvalue weighted by atomic mass is 79.9. The van der Waals surface area contributed by atoms with Gasteiger partial charge in [0, 0.05) is 0 Å². The van der Waals surface area contributed by atoms with E-state index in [2.05, 4.69) is 35.1 Å². The van der Waals surface area contributed by atoms with Crippen LogP contribution in [-0.2, 0) is 0 Å². The van der Waals surface area contributed by atoms with Crippen LogP contribution < -0.4 is 5.32 Å². The van der Waals surface area contributed by atoms with Gasteiger partial charge < -0.3 is 9.73 Å². The van der Waals surface area contributed by atoms with Gasteiger partial charge in [0.15, 0.2) is 4.67 Å². The molecule has 1 aromatic heterocycles. The Morgan fingerprint density at radius 2 is 2.31 bits per heavy atom. The van der Waals surface area contributed by atoms with Gasteiger partial charge in [-0.3, -0.25) is 0 Å². The normalized spacial score (nSPS) is 13.2. The first-order chi connectivity index (χ1) is 6.24. The van der Waals surface area contributed by atoms with Crippen molar-refractivity contribution in [1.82, 2.24) is 5.32 Å². The van der Waals surface area contributed by atoms with Crippen LogP contribution in [-0.4, -0.2) is 6.54 Å². The highest BCUT2D eigenvalue weighted by Crippen LogP contribution is 2.19. The summed E-state index contributed by atoms with van der Waals surface area (Å²) in [5.41, 5.74) is 0. The van der Waals surface area contributed by atoms with Crippen LogP contribution in [0.4, 0.5) is 0 Å². The van der Waals surface area contributed by atoms with Crippen molar-refractivity contribution in [2.75, 3.05) is 6.54 Å². The highest BCUT2D eigenvalue weighted by Gasteiger charge is 2.07. The molecule has 0 spiro atoms. The molecule has 2 nitrogen and oxygen atoms in total. The second-order valence-corrected chi connectivity index (χ2v) is 3.95. The molecule has 0 saturated heterocycles. The Morgan fingerprint density at radius 1 is 1.54 bits per heavy atom. The van der Waals surface area contributed by atoms with Gasteiger partial charge in [-0.1, -0.05) is 13.3 Å². The van der Waals surface area contributed by atoms with Gasteiger partial charge in [0.1, 0.15) is 5.76 Å². The third-order valence-electron chi connectivity index (χ3n) is 2.00. The van der Waals surface area contributed by atoms with Crippen molar-refractivity contribution in [1.29, 1.82) is 0 Å². The molecule has 0 amide bonds. The summed E-state index contributed by atoms with van der Waals surface area (Å²) in [6.07, 6.45) is 2.44. The van der Waals surface area contributed by atoms with E-state index in [-0.39, 0.29) is 0 Å². The summed E-state index contributed by atoms with van der Waals surface area (Å²) in [6.45, 7) is 5.35. The van der Waals surface area contributed by atoms with Crippen LogP contribution in [0.1, 0.15) is 38.5 Å². The lowest BCUT2D eigenvalue weighted by Gasteiger charge is -2.09. The molecule has 0 aliphatic rings. The number of furan rings is 1. The van der Waals surface area contributed by atoms with Gasteiger partial charge in [-0.05, 0) is 48.0 Å². The zero-order valence-electron chi connectivity index (χ0n) is 8.14. The Hall–Kier alpha value is -0.280. The monoisotopic (exact) mass is 245 g/mol. The number of rotatable bonds is 5. The summed E-state index contributed by atoms with van der Waals surface area (Å²) in [5.74, 6) is 0.989. The minimum absolute atomic E-state index is 0.304. The number of hydrogen-bond acceptors (Lipinski definition) is 2. The van der Waals surface area contributed by atoms with Crippen molar-refractivity contribution >= 4 is 15.9 Å². The molecular weight excluding hydrogens is 230 g/mol. The molecule has 0 saturated carbocycles. The van der Waals surface area contributed by atoms with E-state index in [1.165, 1.54) is 12.8 Å². The van der Waals surface area contributed by atoms with E-state index in [0.29, 0.717) is 6.04 Å². The van der Waals surface area contributed by atoms with Gasteiger partial charge in [0.25, 0.3) is 0 Å². The van der Waals surface area contributed by atoms with E-state index in [9.17, 15) is 0 Å². The first kappa shape index (κ1) is 10.8. The summed E-state index contributed by atoms with van der Waals surface area (Å²) in [6, 6.07) is 4.22. The van der Waals surface area contributed by atoms with Crippen LogP contribution in [0.5, 0.6) is 0 Å². The van der Waals surface area contributed by atoms with E-state index in [1.54, 1.807) is 0 Å². The van der Waals surface area contributed by atoms with E-state index < -0.39 is 0 Å². The summed E-state index contributed by atoms with van der Waals surface area (Å²) >= 11 is 3.29. The van der Waals surface area contributed by atoms with Gasteiger partial charge in [-0.15, -0.1) is 0 Å². The zero-order valence-corrected chi connectivity index (χ0v) is 9.73. The summed E-state index contributed by atoms with van der Waals surface area (Å²) in [4.78, 5) is 0. The van der Waals surface area contributed by atoms with E-state index in [0.717, 1.165) is 17.0 Å². The maximum absolute atomic E-state index is 5.43. The molecule has 0 bridgehead atoms. The summed E-state index contributed by atoms with van der Waals surface area (Å²) in [5, 5.41) is 3.40. The topological polar surface area (TPSA) is 25.2 Å². The number of halogens is 1.